The van der Waals surface area contributed by atoms with Gasteiger partial charge in [0.2, 0.25) is 5.91 Å². The van der Waals surface area contributed by atoms with E-state index in [1.165, 1.54) is 12.8 Å². The smallest absolute Gasteiger partial charge is 0.222 e. The predicted octanol–water partition coefficient (Wildman–Crippen LogP) is 4.10. The number of likely N-dealkylation sites (tertiary alicyclic amines) is 1. The lowest BCUT2D eigenvalue weighted by molar-refractivity contribution is -0.131. The largest absolute Gasteiger partial charge is 0.496 e. The van der Waals surface area contributed by atoms with Crippen LogP contribution in [0.5, 0.6) is 5.75 Å². The molecular formula is C18H22BrNO2. The van der Waals surface area contributed by atoms with Crippen LogP contribution in [0.25, 0.3) is 0 Å². The number of benzene rings is 1. The number of hydrogen-bond donors (Lipinski definition) is 0. The van der Waals surface area contributed by atoms with Gasteiger partial charge in [-0.15, -0.1) is 0 Å². The topological polar surface area (TPSA) is 29.5 Å². The summed E-state index contributed by atoms with van der Waals surface area (Å²) < 4.78 is 6.40. The van der Waals surface area contributed by atoms with Crippen LogP contribution < -0.4 is 4.74 Å². The van der Waals surface area contributed by atoms with E-state index in [1.54, 1.807) is 18.3 Å². The zero-order valence-corrected chi connectivity index (χ0v) is 14.6. The number of aryl methyl sites for hydroxylation is 1. The number of carbonyl (C=O) groups excluding carboxylic acids is 1. The van der Waals surface area contributed by atoms with Crippen molar-refractivity contribution >= 4 is 21.8 Å². The zero-order chi connectivity index (χ0) is 15.5. The Labute approximate surface area is 140 Å². The van der Waals surface area contributed by atoms with Crippen LogP contribution >= 0.6 is 15.9 Å². The van der Waals surface area contributed by atoms with Gasteiger partial charge >= 0.3 is 0 Å². The van der Waals surface area contributed by atoms with Crippen LogP contribution in [0.2, 0.25) is 0 Å². The van der Waals surface area contributed by atoms with Gasteiger partial charge in [0.1, 0.15) is 5.75 Å². The highest BCUT2D eigenvalue weighted by Crippen LogP contribution is 2.36. The average Bonchev–Trinajstić information content (AvgIpc) is 3.38. The Hall–Kier alpha value is -1.29. The molecule has 1 aromatic rings. The first-order valence-electron chi connectivity index (χ1n) is 7.97. The van der Waals surface area contributed by atoms with Crippen molar-refractivity contribution in [2.75, 3.05) is 20.2 Å². The van der Waals surface area contributed by atoms with Crippen molar-refractivity contribution in [2.24, 2.45) is 0 Å². The second-order valence-corrected chi connectivity index (χ2v) is 6.96. The minimum atomic E-state index is 0.266. The molecule has 0 spiro atoms. The van der Waals surface area contributed by atoms with Gasteiger partial charge in [0.15, 0.2) is 0 Å². The number of nitrogens with zero attached hydrogens (tertiary/aromatic N) is 1. The Bertz CT molecular complexity index is 593. The number of halogens is 1. The molecule has 1 saturated heterocycles. The molecule has 0 atom stereocenters. The Morgan fingerprint density at radius 3 is 2.50 bits per heavy atom. The van der Waals surface area contributed by atoms with E-state index in [4.69, 9.17) is 4.74 Å². The van der Waals surface area contributed by atoms with Crippen LogP contribution in [0.1, 0.15) is 37.7 Å². The van der Waals surface area contributed by atoms with Crippen LogP contribution in [0.3, 0.4) is 0 Å². The molecule has 3 nitrogen and oxygen atoms in total. The molecule has 1 aliphatic heterocycles. The molecule has 0 radical (unpaired) electrons. The van der Waals surface area contributed by atoms with Gasteiger partial charge in [-0.1, -0.05) is 27.1 Å². The lowest BCUT2D eigenvalue weighted by atomic mass is 10.0. The lowest BCUT2D eigenvalue weighted by Gasteiger charge is -2.28. The van der Waals surface area contributed by atoms with Gasteiger partial charge in [0.25, 0.3) is 0 Å². The van der Waals surface area contributed by atoms with Crippen LogP contribution in [-0.4, -0.2) is 31.0 Å². The zero-order valence-electron chi connectivity index (χ0n) is 13.0. The van der Waals surface area contributed by atoms with Crippen LogP contribution in [-0.2, 0) is 11.2 Å². The number of rotatable bonds is 4. The Morgan fingerprint density at radius 1 is 1.18 bits per heavy atom. The van der Waals surface area contributed by atoms with Gasteiger partial charge < -0.3 is 9.64 Å². The molecule has 0 bridgehead atoms. The lowest BCUT2D eigenvalue weighted by Crippen LogP contribution is -2.36. The fourth-order valence-electron chi connectivity index (χ4n) is 3.14. The maximum atomic E-state index is 12.4. The van der Waals surface area contributed by atoms with Gasteiger partial charge in [-0.05, 0) is 55.9 Å². The number of hydrogen-bond acceptors (Lipinski definition) is 2. The summed E-state index contributed by atoms with van der Waals surface area (Å²) in [6.45, 7) is 1.79. The average molecular weight is 364 g/mol. The molecule has 4 heteroatoms. The third kappa shape index (κ3) is 3.72. The summed E-state index contributed by atoms with van der Waals surface area (Å²) in [5, 5.41) is 0. The fourth-order valence-corrected chi connectivity index (χ4v) is 3.55. The van der Waals surface area contributed by atoms with E-state index in [0.29, 0.717) is 6.42 Å². The van der Waals surface area contributed by atoms with Crippen LogP contribution in [0.4, 0.5) is 0 Å². The molecule has 118 valence electrons. The molecule has 0 unspecified atom stereocenters. The fraction of sp³-hybridized carbons (Fsp3) is 0.500. The molecule has 1 amide bonds. The molecule has 0 N–H and O–H groups in total. The molecular weight excluding hydrogens is 342 g/mol. The molecule has 2 aliphatic rings. The summed E-state index contributed by atoms with van der Waals surface area (Å²) in [6.07, 6.45) is 6.05. The highest BCUT2D eigenvalue weighted by atomic mass is 79.9. The van der Waals surface area contributed by atoms with Gasteiger partial charge in [-0.25, -0.2) is 0 Å². The first-order valence-corrected chi connectivity index (χ1v) is 8.76. The van der Waals surface area contributed by atoms with Crippen molar-refractivity contribution in [3.8, 4) is 5.75 Å². The molecule has 22 heavy (non-hydrogen) atoms. The van der Waals surface area contributed by atoms with Gasteiger partial charge in [0, 0.05) is 24.0 Å². The van der Waals surface area contributed by atoms with E-state index in [0.717, 1.165) is 48.1 Å². The molecule has 1 aliphatic carbocycles. The summed E-state index contributed by atoms with van der Waals surface area (Å²) in [6, 6.07) is 5.94. The summed E-state index contributed by atoms with van der Waals surface area (Å²) in [5.41, 5.74) is 4.37. The van der Waals surface area contributed by atoms with E-state index < -0.39 is 0 Å². The standard InChI is InChI=1S/C18H22BrNO2/c1-22-17-6-5-16(19)12-15(17)4-7-18(21)20-10-8-14(9-11-20)13-2-3-13/h5-6,12H,2-4,7-11H2,1H3. The van der Waals surface area contributed by atoms with Gasteiger partial charge in [0.05, 0.1) is 7.11 Å². The number of ether oxygens (including phenoxy) is 1. The van der Waals surface area contributed by atoms with Gasteiger partial charge in [-0.2, -0.15) is 0 Å². The molecule has 1 aromatic carbocycles. The number of allylic oxidation sites excluding steroid dienone is 1. The highest BCUT2D eigenvalue weighted by molar-refractivity contribution is 9.10. The Morgan fingerprint density at radius 2 is 1.86 bits per heavy atom. The number of carbonyl (C=O) groups is 1. The minimum absolute atomic E-state index is 0.266. The maximum absolute atomic E-state index is 12.4. The number of piperidine rings is 1. The summed E-state index contributed by atoms with van der Waals surface area (Å²) >= 11 is 3.48. The Kier molecular flexibility index (Phi) is 4.87. The van der Waals surface area contributed by atoms with E-state index >= 15 is 0 Å². The quantitative estimate of drug-likeness (QED) is 0.753. The van der Waals surface area contributed by atoms with Crippen molar-refractivity contribution in [3.05, 3.63) is 39.4 Å². The minimum Gasteiger partial charge on any atom is -0.496 e. The van der Waals surface area contributed by atoms with Gasteiger partial charge in [-0.3, -0.25) is 4.79 Å². The first kappa shape index (κ1) is 15.6. The van der Waals surface area contributed by atoms with Crippen LogP contribution in [0.15, 0.2) is 33.8 Å². The summed E-state index contributed by atoms with van der Waals surface area (Å²) in [5.74, 6) is 1.12. The van der Waals surface area contributed by atoms with Crippen molar-refractivity contribution in [2.45, 2.75) is 38.5 Å². The van der Waals surface area contributed by atoms with E-state index in [-0.39, 0.29) is 5.91 Å². The monoisotopic (exact) mass is 363 g/mol. The second-order valence-electron chi connectivity index (χ2n) is 6.04. The summed E-state index contributed by atoms with van der Waals surface area (Å²) in [7, 11) is 1.67. The normalized spacial score (nSPS) is 17.6. The Balaban J connectivity index is 1.54. The van der Waals surface area contributed by atoms with Crippen molar-refractivity contribution < 1.29 is 9.53 Å². The first-order chi connectivity index (χ1) is 10.7. The molecule has 0 aromatic heterocycles. The van der Waals surface area contributed by atoms with Crippen molar-refractivity contribution in [3.63, 3.8) is 0 Å². The van der Waals surface area contributed by atoms with Crippen molar-refractivity contribution in [1.29, 1.82) is 0 Å². The molecule has 2 fully saturated rings. The third-order valence-electron chi connectivity index (χ3n) is 4.57. The molecule has 1 saturated carbocycles. The van der Waals surface area contributed by atoms with E-state index in [9.17, 15) is 4.79 Å². The van der Waals surface area contributed by atoms with Crippen LogP contribution in [0, 0.1) is 0 Å². The SMILES string of the molecule is COc1ccc(Br)cc1CCC(=O)N1CCC(=C2CC2)CC1. The highest BCUT2D eigenvalue weighted by Gasteiger charge is 2.24. The van der Waals surface area contributed by atoms with Crippen molar-refractivity contribution in [1.82, 2.24) is 4.90 Å². The summed E-state index contributed by atoms with van der Waals surface area (Å²) in [4.78, 5) is 14.4. The number of methoxy groups -OCH3 is 1. The molecule has 3 rings (SSSR count). The van der Waals surface area contributed by atoms with E-state index in [2.05, 4.69) is 15.9 Å². The molecule has 1 heterocycles. The predicted molar refractivity (Wildman–Crippen MR) is 91.1 cm³/mol. The maximum Gasteiger partial charge on any atom is 0.222 e. The third-order valence-corrected chi connectivity index (χ3v) is 5.06. The second kappa shape index (κ2) is 6.86. The van der Waals surface area contributed by atoms with E-state index in [1.807, 2.05) is 23.1 Å². The number of amides is 1.